The van der Waals surface area contributed by atoms with Crippen molar-refractivity contribution in [1.82, 2.24) is 18.7 Å². The number of hydrogen-bond acceptors (Lipinski definition) is 5. The Morgan fingerprint density at radius 2 is 1.79 bits per heavy atom. The van der Waals surface area contributed by atoms with Crippen molar-refractivity contribution in [3.05, 3.63) is 20.8 Å². The lowest BCUT2D eigenvalue weighted by atomic mass is 9.89. The van der Waals surface area contributed by atoms with Gasteiger partial charge in [0, 0.05) is 25.6 Å². The number of fused-ring (bicyclic) bond motifs is 3. The van der Waals surface area contributed by atoms with Crippen LogP contribution in [0.25, 0.3) is 11.2 Å². The zero-order valence-corrected chi connectivity index (χ0v) is 15.1. The van der Waals surface area contributed by atoms with E-state index in [9.17, 15) is 9.59 Å². The second kappa shape index (κ2) is 5.32. The SMILES string of the molecule is CCN1N=C(C(C)(C)C)Cn2c1nc1c2c(=O)n(CC)c(=O)n1C. The molecule has 130 valence electrons. The highest BCUT2D eigenvalue weighted by Gasteiger charge is 2.30. The molecule has 3 rings (SSSR count). The van der Waals surface area contributed by atoms with Crippen LogP contribution in [0.3, 0.4) is 0 Å². The van der Waals surface area contributed by atoms with Crippen molar-refractivity contribution in [2.75, 3.05) is 11.6 Å². The molecule has 0 aromatic carbocycles. The van der Waals surface area contributed by atoms with Crippen molar-refractivity contribution in [2.24, 2.45) is 17.6 Å². The molecule has 1 aliphatic heterocycles. The molecule has 0 amide bonds. The summed E-state index contributed by atoms with van der Waals surface area (Å²) >= 11 is 0. The first kappa shape index (κ1) is 16.5. The fourth-order valence-electron chi connectivity index (χ4n) is 2.96. The summed E-state index contributed by atoms with van der Waals surface area (Å²) in [5.41, 5.74) is 1.10. The summed E-state index contributed by atoms with van der Waals surface area (Å²) in [7, 11) is 1.65. The highest BCUT2D eigenvalue weighted by molar-refractivity contribution is 5.93. The average molecular weight is 332 g/mol. The van der Waals surface area contributed by atoms with Crippen LogP contribution in [0, 0.1) is 5.41 Å². The van der Waals surface area contributed by atoms with E-state index in [0.717, 1.165) is 5.71 Å². The highest BCUT2D eigenvalue weighted by Crippen LogP contribution is 2.28. The molecule has 0 spiro atoms. The summed E-state index contributed by atoms with van der Waals surface area (Å²) < 4.78 is 4.58. The molecular weight excluding hydrogens is 308 g/mol. The molecule has 0 radical (unpaired) electrons. The molecule has 0 aliphatic carbocycles. The standard InChI is InChI=1S/C16H24N6O2/c1-7-20-13(23)11-12(19(6)15(20)24)17-14-21(11)9-10(16(3,4)5)18-22(14)8-2/h7-9H2,1-6H3. The van der Waals surface area contributed by atoms with Gasteiger partial charge in [0.2, 0.25) is 5.95 Å². The Kier molecular flexibility index (Phi) is 3.65. The summed E-state index contributed by atoms with van der Waals surface area (Å²) in [5, 5.41) is 6.50. The lowest BCUT2D eigenvalue weighted by Crippen LogP contribution is -2.40. The molecule has 1 aliphatic rings. The molecule has 2 aromatic heterocycles. The predicted octanol–water partition coefficient (Wildman–Crippen LogP) is 1.16. The van der Waals surface area contributed by atoms with Crippen LogP contribution >= 0.6 is 0 Å². The number of anilines is 1. The van der Waals surface area contributed by atoms with Gasteiger partial charge in [-0.2, -0.15) is 10.1 Å². The minimum absolute atomic E-state index is 0.119. The van der Waals surface area contributed by atoms with E-state index in [0.29, 0.717) is 36.7 Å². The zero-order valence-electron chi connectivity index (χ0n) is 15.1. The first-order valence-corrected chi connectivity index (χ1v) is 8.26. The Hall–Kier alpha value is -2.38. The van der Waals surface area contributed by atoms with Crippen LogP contribution in [0.2, 0.25) is 0 Å². The molecule has 0 bridgehead atoms. The van der Waals surface area contributed by atoms with Gasteiger partial charge in [0.1, 0.15) is 0 Å². The molecule has 0 saturated heterocycles. The van der Waals surface area contributed by atoms with Gasteiger partial charge < -0.3 is 0 Å². The monoisotopic (exact) mass is 332 g/mol. The molecule has 0 fully saturated rings. The number of aromatic nitrogens is 4. The normalized spacial score (nSPS) is 14.9. The topological polar surface area (TPSA) is 77.4 Å². The largest absolute Gasteiger partial charge is 0.332 e. The molecule has 8 nitrogen and oxygen atoms in total. The van der Waals surface area contributed by atoms with E-state index < -0.39 is 0 Å². The van der Waals surface area contributed by atoms with Crippen LogP contribution in [0.5, 0.6) is 0 Å². The van der Waals surface area contributed by atoms with Crippen LogP contribution in [0.1, 0.15) is 34.6 Å². The number of aryl methyl sites for hydroxylation is 1. The quantitative estimate of drug-likeness (QED) is 0.827. The maximum absolute atomic E-state index is 12.8. The molecular formula is C16H24N6O2. The van der Waals surface area contributed by atoms with Gasteiger partial charge in [-0.1, -0.05) is 20.8 Å². The van der Waals surface area contributed by atoms with Crippen LogP contribution in [0.15, 0.2) is 14.7 Å². The average Bonchev–Trinajstić information content (AvgIpc) is 2.91. The third-order valence-corrected chi connectivity index (χ3v) is 4.47. The molecule has 0 unspecified atom stereocenters. The zero-order chi connectivity index (χ0) is 17.8. The molecule has 0 N–H and O–H groups in total. The fourth-order valence-corrected chi connectivity index (χ4v) is 2.96. The lowest BCUT2D eigenvalue weighted by Gasteiger charge is -2.30. The fraction of sp³-hybridized carbons (Fsp3) is 0.625. The number of hydrazone groups is 1. The van der Waals surface area contributed by atoms with Crippen molar-refractivity contribution in [2.45, 2.75) is 47.7 Å². The minimum atomic E-state index is -0.342. The summed E-state index contributed by atoms with van der Waals surface area (Å²) in [6.45, 7) is 11.6. The minimum Gasteiger partial charge on any atom is -0.297 e. The molecule has 3 heterocycles. The van der Waals surface area contributed by atoms with Crippen molar-refractivity contribution in [1.29, 1.82) is 0 Å². The molecule has 24 heavy (non-hydrogen) atoms. The summed E-state index contributed by atoms with van der Waals surface area (Å²) in [4.78, 5) is 29.8. The maximum atomic E-state index is 12.8. The Morgan fingerprint density at radius 1 is 1.12 bits per heavy atom. The third-order valence-electron chi connectivity index (χ3n) is 4.47. The number of hydrogen-bond donors (Lipinski definition) is 0. The Bertz CT molecular complexity index is 954. The van der Waals surface area contributed by atoms with E-state index in [1.165, 1.54) is 9.13 Å². The summed E-state index contributed by atoms with van der Waals surface area (Å²) in [5.74, 6) is 0.612. The van der Waals surface area contributed by atoms with E-state index in [1.54, 1.807) is 19.0 Å². The Labute approximate surface area is 140 Å². The van der Waals surface area contributed by atoms with Gasteiger partial charge in [-0.05, 0) is 13.8 Å². The summed E-state index contributed by atoms with van der Waals surface area (Å²) in [6.07, 6.45) is 0. The maximum Gasteiger partial charge on any atom is 0.332 e. The van der Waals surface area contributed by atoms with Crippen molar-refractivity contribution >= 4 is 22.8 Å². The van der Waals surface area contributed by atoms with Crippen molar-refractivity contribution in [3.8, 4) is 0 Å². The third kappa shape index (κ3) is 2.20. The van der Waals surface area contributed by atoms with E-state index >= 15 is 0 Å². The highest BCUT2D eigenvalue weighted by atomic mass is 16.2. The van der Waals surface area contributed by atoms with Crippen LogP contribution in [-0.2, 0) is 20.1 Å². The van der Waals surface area contributed by atoms with E-state index in [2.05, 4.69) is 25.8 Å². The van der Waals surface area contributed by atoms with Crippen LogP contribution < -0.4 is 16.3 Å². The van der Waals surface area contributed by atoms with Crippen molar-refractivity contribution in [3.63, 3.8) is 0 Å². The molecule has 0 atom stereocenters. The van der Waals surface area contributed by atoms with Crippen LogP contribution in [-0.4, -0.2) is 30.9 Å². The van der Waals surface area contributed by atoms with Gasteiger partial charge in [-0.15, -0.1) is 0 Å². The lowest BCUT2D eigenvalue weighted by molar-refractivity contribution is 0.550. The van der Waals surface area contributed by atoms with Crippen LogP contribution in [0.4, 0.5) is 5.95 Å². The molecule has 2 aromatic rings. The van der Waals surface area contributed by atoms with Gasteiger partial charge >= 0.3 is 5.69 Å². The smallest absolute Gasteiger partial charge is 0.297 e. The second-order valence-corrected chi connectivity index (χ2v) is 7.07. The van der Waals surface area contributed by atoms with E-state index in [1.807, 2.05) is 11.5 Å². The van der Waals surface area contributed by atoms with Gasteiger partial charge in [-0.3, -0.25) is 18.5 Å². The van der Waals surface area contributed by atoms with Gasteiger partial charge in [0.25, 0.3) is 5.56 Å². The Balaban J connectivity index is 2.38. The predicted molar refractivity (Wildman–Crippen MR) is 94.8 cm³/mol. The van der Waals surface area contributed by atoms with Gasteiger partial charge in [0.05, 0.1) is 12.3 Å². The number of imidazole rings is 1. The van der Waals surface area contributed by atoms with Gasteiger partial charge in [-0.25, -0.2) is 9.80 Å². The Morgan fingerprint density at radius 3 is 2.33 bits per heavy atom. The molecule has 8 heteroatoms. The summed E-state index contributed by atoms with van der Waals surface area (Å²) in [6, 6.07) is 0. The molecule has 0 saturated carbocycles. The second-order valence-electron chi connectivity index (χ2n) is 7.07. The van der Waals surface area contributed by atoms with Crippen molar-refractivity contribution < 1.29 is 0 Å². The first-order valence-electron chi connectivity index (χ1n) is 8.26. The number of rotatable bonds is 2. The van der Waals surface area contributed by atoms with E-state index in [-0.39, 0.29) is 16.7 Å². The first-order chi connectivity index (χ1) is 11.2. The van der Waals surface area contributed by atoms with E-state index in [4.69, 9.17) is 5.10 Å². The number of nitrogens with zero attached hydrogens (tertiary/aromatic N) is 6. The van der Waals surface area contributed by atoms with Gasteiger partial charge in [0.15, 0.2) is 11.2 Å².